The van der Waals surface area contributed by atoms with Gasteiger partial charge in [0.25, 0.3) is 0 Å². The summed E-state index contributed by atoms with van der Waals surface area (Å²) in [5.74, 6) is 1.47. The van der Waals surface area contributed by atoms with E-state index in [1.807, 2.05) is 30.0 Å². The Labute approximate surface area is 133 Å². The molecule has 0 saturated carbocycles. The van der Waals surface area contributed by atoms with Crippen LogP contribution in [0.1, 0.15) is 17.0 Å². The zero-order valence-corrected chi connectivity index (χ0v) is 13.2. The Hall–Kier alpha value is -0.670. The minimum absolute atomic E-state index is 0.100. The third-order valence-electron chi connectivity index (χ3n) is 3.71. The molecule has 0 saturated heterocycles. The highest BCUT2D eigenvalue weighted by atomic mass is 35.5. The lowest BCUT2D eigenvalue weighted by Crippen LogP contribution is -2.30. The van der Waals surface area contributed by atoms with Gasteiger partial charge in [-0.05, 0) is 35.7 Å². The standard InChI is InChI=1S/C16H15Cl2NS/c17-13-6-5-10(7-14(13)18)8-15(19)12-9-20-16-4-2-1-3-11(12)16/h1-7,12,15H,8-9,19H2. The highest BCUT2D eigenvalue weighted by molar-refractivity contribution is 7.99. The van der Waals surface area contributed by atoms with Gasteiger partial charge in [-0.2, -0.15) is 0 Å². The van der Waals surface area contributed by atoms with Gasteiger partial charge >= 0.3 is 0 Å². The zero-order valence-electron chi connectivity index (χ0n) is 10.9. The monoisotopic (exact) mass is 323 g/mol. The van der Waals surface area contributed by atoms with Crippen molar-refractivity contribution in [2.24, 2.45) is 5.73 Å². The summed E-state index contributed by atoms with van der Waals surface area (Å²) >= 11 is 13.9. The second kappa shape index (κ2) is 5.98. The van der Waals surface area contributed by atoms with E-state index >= 15 is 0 Å². The molecule has 2 atom stereocenters. The molecule has 20 heavy (non-hydrogen) atoms. The first-order valence-electron chi connectivity index (χ1n) is 6.56. The minimum atomic E-state index is 0.100. The summed E-state index contributed by atoms with van der Waals surface area (Å²) in [5.41, 5.74) is 8.94. The molecule has 1 nitrogen and oxygen atoms in total. The van der Waals surface area contributed by atoms with E-state index < -0.39 is 0 Å². The van der Waals surface area contributed by atoms with Crippen LogP contribution in [0.2, 0.25) is 10.0 Å². The summed E-state index contributed by atoms with van der Waals surface area (Å²) in [6.45, 7) is 0. The van der Waals surface area contributed by atoms with Crippen molar-refractivity contribution in [1.82, 2.24) is 0 Å². The summed E-state index contributed by atoms with van der Waals surface area (Å²) in [6.07, 6.45) is 0.816. The van der Waals surface area contributed by atoms with Gasteiger partial charge in [-0.15, -0.1) is 11.8 Å². The zero-order chi connectivity index (χ0) is 14.1. The maximum atomic E-state index is 6.42. The predicted octanol–water partition coefficient (Wildman–Crippen LogP) is 4.75. The van der Waals surface area contributed by atoms with Gasteiger partial charge in [-0.25, -0.2) is 0 Å². The van der Waals surface area contributed by atoms with Crippen LogP contribution < -0.4 is 5.73 Å². The molecule has 4 heteroatoms. The normalized spacial score (nSPS) is 18.9. The molecule has 2 aromatic carbocycles. The van der Waals surface area contributed by atoms with Gasteiger partial charge in [-0.3, -0.25) is 0 Å². The van der Waals surface area contributed by atoms with Crippen LogP contribution >= 0.6 is 35.0 Å². The van der Waals surface area contributed by atoms with Crippen LogP contribution in [0.15, 0.2) is 47.4 Å². The summed E-state index contributed by atoms with van der Waals surface area (Å²) in [7, 11) is 0. The molecule has 104 valence electrons. The molecule has 0 aromatic heterocycles. The number of rotatable bonds is 3. The van der Waals surface area contributed by atoms with Crippen molar-refractivity contribution >= 4 is 35.0 Å². The quantitative estimate of drug-likeness (QED) is 0.881. The third-order valence-corrected chi connectivity index (χ3v) is 5.66. The van der Waals surface area contributed by atoms with Crippen molar-refractivity contribution in [3.63, 3.8) is 0 Å². The number of hydrogen-bond donors (Lipinski definition) is 1. The Morgan fingerprint density at radius 1 is 1.15 bits per heavy atom. The van der Waals surface area contributed by atoms with Crippen molar-refractivity contribution in [3.8, 4) is 0 Å². The first-order valence-corrected chi connectivity index (χ1v) is 8.30. The van der Waals surface area contributed by atoms with Crippen LogP contribution in [0, 0.1) is 0 Å². The Morgan fingerprint density at radius 2 is 1.95 bits per heavy atom. The smallest absolute Gasteiger partial charge is 0.0595 e. The average molecular weight is 324 g/mol. The molecule has 0 amide bonds. The van der Waals surface area contributed by atoms with Crippen molar-refractivity contribution in [2.75, 3.05) is 5.75 Å². The molecule has 0 radical (unpaired) electrons. The van der Waals surface area contributed by atoms with Crippen LogP contribution in [0.4, 0.5) is 0 Å². The molecule has 2 N–H and O–H groups in total. The predicted molar refractivity (Wildman–Crippen MR) is 88.0 cm³/mol. The number of halogens is 2. The number of thioether (sulfide) groups is 1. The van der Waals surface area contributed by atoms with E-state index in [2.05, 4.69) is 24.3 Å². The van der Waals surface area contributed by atoms with Gasteiger partial charge in [0.2, 0.25) is 0 Å². The fraction of sp³-hybridized carbons (Fsp3) is 0.250. The lowest BCUT2D eigenvalue weighted by molar-refractivity contribution is 0.572. The fourth-order valence-electron chi connectivity index (χ4n) is 2.62. The molecular weight excluding hydrogens is 309 g/mol. The van der Waals surface area contributed by atoms with Crippen LogP contribution in [0.25, 0.3) is 0 Å². The first kappa shape index (κ1) is 14.3. The molecule has 0 fully saturated rings. The number of fused-ring (bicyclic) bond motifs is 1. The molecule has 1 aliphatic rings. The van der Waals surface area contributed by atoms with E-state index in [-0.39, 0.29) is 6.04 Å². The van der Waals surface area contributed by atoms with Crippen molar-refractivity contribution in [3.05, 3.63) is 63.6 Å². The summed E-state index contributed by atoms with van der Waals surface area (Å²) in [4.78, 5) is 1.36. The molecule has 2 unspecified atom stereocenters. The third kappa shape index (κ3) is 2.84. The van der Waals surface area contributed by atoms with Crippen LogP contribution in [-0.4, -0.2) is 11.8 Å². The molecule has 0 bridgehead atoms. The number of hydrogen-bond acceptors (Lipinski definition) is 2. The van der Waals surface area contributed by atoms with Gasteiger partial charge in [0.15, 0.2) is 0 Å². The fourth-order valence-corrected chi connectivity index (χ4v) is 4.29. The SMILES string of the molecule is NC(Cc1ccc(Cl)c(Cl)c1)C1CSc2ccccc21. The molecule has 1 aliphatic heterocycles. The maximum Gasteiger partial charge on any atom is 0.0595 e. The van der Waals surface area contributed by atoms with Crippen LogP contribution in [0.3, 0.4) is 0 Å². The number of benzene rings is 2. The molecule has 2 aromatic rings. The van der Waals surface area contributed by atoms with E-state index in [1.165, 1.54) is 10.5 Å². The maximum absolute atomic E-state index is 6.42. The van der Waals surface area contributed by atoms with Crippen molar-refractivity contribution in [2.45, 2.75) is 23.3 Å². The van der Waals surface area contributed by atoms with Crippen molar-refractivity contribution in [1.29, 1.82) is 0 Å². The van der Waals surface area contributed by atoms with E-state index in [4.69, 9.17) is 28.9 Å². The lowest BCUT2D eigenvalue weighted by atomic mass is 9.90. The second-order valence-electron chi connectivity index (χ2n) is 5.07. The molecule has 0 spiro atoms. The van der Waals surface area contributed by atoms with Crippen molar-refractivity contribution < 1.29 is 0 Å². The highest BCUT2D eigenvalue weighted by Crippen LogP contribution is 2.41. The lowest BCUT2D eigenvalue weighted by Gasteiger charge is -2.20. The average Bonchev–Trinajstić information content (AvgIpc) is 2.87. The van der Waals surface area contributed by atoms with Gasteiger partial charge in [0.1, 0.15) is 0 Å². The Morgan fingerprint density at radius 3 is 2.75 bits per heavy atom. The van der Waals surface area contributed by atoms with Crippen LogP contribution in [-0.2, 0) is 6.42 Å². The van der Waals surface area contributed by atoms with Crippen LogP contribution in [0.5, 0.6) is 0 Å². The topological polar surface area (TPSA) is 26.0 Å². The van der Waals surface area contributed by atoms with Gasteiger partial charge in [0, 0.05) is 22.6 Å². The van der Waals surface area contributed by atoms with Gasteiger partial charge in [-0.1, -0.05) is 47.5 Å². The molecule has 3 rings (SSSR count). The minimum Gasteiger partial charge on any atom is -0.327 e. The Kier molecular flexibility index (Phi) is 4.27. The van der Waals surface area contributed by atoms with E-state index in [0.717, 1.165) is 17.7 Å². The molecule has 0 aliphatic carbocycles. The van der Waals surface area contributed by atoms with E-state index in [0.29, 0.717) is 16.0 Å². The molecular formula is C16H15Cl2NS. The highest BCUT2D eigenvalue weighted by Gasteiger charge is 2.28. The Balaban J connectivity index is 1.77. The van der Waals surface area contributed by atoms with E-state index in [1.54, 1.807) is 0 Å². The largest absolute Gasteiger partial charge is 0.327 e. The van der Waals surface area contributed by atoms with Gasteiger partial charge < -0.3 is 5.73 Å². The van der Waals surface area contributed by atoms with Gasteiger partial charge in [0.05, 0.1) is 10.0 Å². The second-order valence-corrected chi connectivity index (χ2v) is 6.95. The summed E-state index contributed by atoms with van der Waals surface area (Å²) in [6, 6.07) is 14.4. The summed E-state index contributed by atoms with van der Waals surface area (Å²) < 4.78 is 0. The summed E-state index contributed by atoms with van der Waals surface area (Å²) in [5, 5.41) is 1.18. The van der Waals surface area contributed by atoms with E-state index in [9.17, 15) is 0 Å². The Bertz CT molecular complexity index is 630. The first-order chi connectivity index (χ1) is 9.65. The molecule has 1 heterocycles. The number of nitrogens with two attached hydrogens (primary N) is 1.